The fraction of sp³-hybridized carbons (Fsp3) is 0.500. The quantitative estimate of drug-likeness (QED) is 0.840. The molecule has 1 aromatic rings. The van der Waals surface area contributed by atoms with Gasteiger partial charge in [-0.3, -0.25) is 9.59 Å². The number of rotatable bonds is 4. The predicted molar refractivity (Wildman–Crippen MR) is 80.1 cm³/mol. The molecule has 0 aromatic heterocycles. The summed E-state index contributed by atoms with van der Waals surface area (Å²) in [5.41, 5.74) is 1.24. The number of nitrogens with zero attached hydrogens (tertiary/aromatic N) is 2. The number of piperazine rings is 1. The predicted octanol–water partition coefficient (Wildman–Crippen LogP) is 1.32. The zero-order chi connectivity index (χ0) is 15.2. The molecule has 2 rings (SSSR count). The summed E-state index contributed by atoms with van der Waals surface area (Å²) in [6, 6.07) is 7.79. The first-order valence-electron chi connectivity index (χ1n) is 7.35. The lowest BCUT2D eigenvalue weighted by molar-refractivity contribution is -0.139. The maximum absolute atomic E-state index is 12.1. The lowest BCUT2D eigenvalue weighted by atomic mass is 10.2. The van der Waals surface area contributed by atoms with Crippen LogP contribution in [-0.4, -0.2) is 54.4 Å². The van der Waals surface area contributed by atoms with Crippen LogP contribution in [0.1, 0.15) is 19.4 Å². The second kappa shape index (κ2) is 7.11. The van der Waals surface area contributed by atoms with Crippen molar-refractivity contribution in [2.24, 2.45) is 0 Å². The van der Waals surface area contributed by atoms with Crippen LogP contribution in [0.3, 0.4) is 0 Å². The van der Waals surface area contributed by atoms with Gasteiger partial charge in [0.05, 0.1) is 0 Å². The summed E-state index contributed by atoms with van der Waals surface area (Å²) in [7, 11) is 0. The largest absolute Gasteiger partial charge is 0.484 e. The van der Waals surface area contributed by atoms with Crippen LogP contribution in [0.5, 0.6) is 5.75 Å². The van der Waals surface area contributed by atoms with Crippen molar-refractivity contribution in [3.63, 3.8) is 0 Å². The Bertz CT molecular complexity index is 491. The maximum atomic E-state index is 12.1. The Morgan fingerprint density at radius 1 is 1.05 bits per heavy atom. The molecule has 0 radical (unpaired) electrons. The average molecular weight is 290 g/mol. The van der Waals surface area contributed by atoms with Crippen LogP contribution in [0.4, 0.5) is 0 Å². The van der Waals surface area contributed by atoms with Gasteiger partial charge in [0.1, 0.15) is 5.75 Å². The van der Waals surface area contributed by atoms with Crippen LogP contribution in [0, 0.1) is 0 Å². The number of aryl methyl sites for hydroxylation is 1. The van der Waals surface area contributed by atoms with E-state index in [1.807, 2.05) is 24.3 Å². The maximum Gasteiger partial charge on any atom is 0.260 e. The molecule has 1 fully saturated rings. The minimum Gasteiger partial charge on any atom is -0.484 e. The summed E-state index contributed by atoms with van der Waals surface area (Å²) in [4.78, 5) is 26.8. The van der Waals surface area contributed by atoms with Crippen molar-refractivity contribution in [1.82, 2.24) is 9.80 Å². The number of hydrogen-bond acceptors (Lipinski definition) is 3. The van der Waals surface area contributed by atoms with Gasteiger partial charge in [0, 0.05) is 33.1 Å². The van der Waals surface area contributed by atoms with Gasteiger partial charge in [-0.2, -0.15) is 0 Å². The van der Waals surface area contributed by atoms with Crippen LogP contribution in [-0.2, 0) is 16.0 Å². The smallest absolute Gasteiger partial charge is 0.260 e. The minimum atomic E-state index is -0.0298. The highest BCUT2D eigenvalue weighted by atomic mass is 16.5. The molecule has 0 N–H and O–H groups in total. The molecule has 0 aliphatic carbocycles. The first-order valence-corrected chi connectivity index (χ1v) is 7.35. The topological polar surface area (TPSA) is 49.9 Å². The number of amides is 2. The normalized spacial score (nSPS) is 15.0. The zero-order valence-electron chi connectivity index (χ0n) is 12.7. The van der Waals surface area contributed by atoms with Gasteiger partial charge in [0.2, 0.25) is 5.91 Å². The molecule has 1 saturated heterocycles. The third-order valence-corrected chi connectivity index (χ3v) is 3.77. The van der Waals surface area contributed by atoms with Crippen molar-refractivity contribution in [3.05, 3.63) is 29.8 Å². The molecule has 0 bridgehead atoms. The molecule has 1 aromatic carbocycles. The van der Waals surface area contributed by atoms with E-state index in [0.29, 0.717) is 31.9 Å². The highest BCUT2D eigenvalue weighted by Gasteiger charge is 2.22. The molecule has 0 atom stereocenters. The summed E-state index contributed by atoms with van der Waals surface area (Å²) < 4.78 is 5.52. The molecule has 1 aliphatic rings. The highest BCUT2D eigenvalue weighted by Crippen LogP contribution is 2.13. The molecule has 0 unspecified atom stereocenters. The lowest BCUT2D eigenvalue weighted by Crippen LogP contribution is -2.51. The van der Waals surface area contributed by atoms with E-state index in [-0.39, 0.29) is 18.4 Å². The molecule has 21 heavy (non-hydrogen) atoms. The van der Waals surface area contributed by atoms with Gasteiger partial charge in [0.25, 0.3) is 5.91 Å². The van der Waals surface area contributed by atoms with Gasteiger partial charge in [-0.25, -0.2) is 0 Å². The van der Waals surface area contributed by atoms with Crippen molar-refractivity contribution in [3.8, 4) is 5.75 Å². The third kappa shape index (κ3) is 4.21. The van der Waals surface area contributed by atoms with Crippen LogP contribution in [0.25, 0.3) is 0 Å². The Morgan fingerprint density at radius 3 is 2.14 bits per heavy atom. The number of benzene rings is 1. The van der Waals surface area contributed by atoms with Crippen molar-refractivity contribution in [1.29, 1.82) is 0 Å². The van der Waals surface area contributed by atoms with Crippen molar-refractivity contribution in [2.75, 3.05) is 32.8 Å². The summed E-state index contributed by atoms with van der Waals surface area (Å²) in [5, 5.41) is 0. The monoisotopic (exact) mass is 290 g/mol. The Hall–Kier alpha value is -2.04. The van der Waals surface area contributed by atoms with E-state index in [4.69, 9.17) is 4.74 Å². The highest BCUT2D eigenvalue weighted by molar-refractivity contribution is 5.78. The van der Waals surface area contributed by atoms with E-state index < -0.39 is 0 Å². The Kier molecular flexibility index (Phi) is 5.20. The van der Waals surface area contributed by atoms with Crippen LogP contribution in [0.2, 0.25) is 0 Å². The first-order chi connectivity index (χ1) is 10.1. The SMILES string of the molecule is CCc1ccc(OCC(=O)N2CCN(C(C)=O)CC2)cc1. The number of ether oxygens (including phenoxy) is 1. The van der Waals surface area contributed by atoms with Crippen LogP contribution in [0.15, 0.2) is 24.3 Å². The Labute approximate surface area is 125 Å². The van der Waals surface area contributed by atoms with E-state index >= 15 is 0 Å². The van der Waals surface area contributed by atoms with Crippen LogP contribution >= 0.6 is 0 Å². The molecule has 0 saturated carbocycles. The van der Waals surface area contributed by atoms with Crippen molar-refractivity contribution >= 4 is 11.8 Å². The lowest BCUT2D eigenvalue weighted by Gasteiger charge is -2.34. The van der Waals surface area contributed by atoms with Crippen LogP contribution < -0.4 is 4.74 Å². The summed E-state index contributed by atoms with van der Waals surface area (Å²) in [6.45, 7) is 6.07. The fourth-order valence-corrected chi connectivity index (χ4v) is 2.33. The second-order valence-electron chi connectivity index (χ2n) is 5.17. The summed E-state index contributed by atoms with van der Waals surface area (Å²) >= 11 is 0. The molecule has 1 aliphatic heterocycles. The van der Waals surface area contributed by atoms with Crippen molar-refractivity contribution < 1.29 is 14.3 Å². The molecule has 5 heteroatoms. The standard InChI is InChI=1S/C16H22N2O3/c1-3-14-4-6-15(7-5-14)21-12-16(20)18-10-8-17(9-11-18)13(2)19/h4-7H,3,8-12H2,1-2H3. The van der Waals surface area contributed by atoms with Gasteiger partial charge < -0.3 is 14.5 Å². The van der Waals surface area contributed by atoms with Gasteiger partial charge in [-0.05, 0) is 24.1 Å². The van der Waals surface area contributed by atoms with E-state index in [1.165, 1.54) is 5.56 Å². The average Bonchev–Trinajstić information content (AvgIpc) is 2.53. The molecule has 114 valence electrons. The van der Waals surface area contributed by atoms with Gasteiger partial charge >= 0.3 is 0 Å². The Balaban J connectivity index is 1.78. The first kappa shape index (κ1) is 15.4. The molecular formula is C16H22N2O3. The zero-order valence-corrected chi connectivity index (χ0v) is 12.7. The molecular weight excluding hydrogens is 268 g/mol. The molecule has 5 nitrogen and oxygen atoms in total. The van der Waals surface area contributed by atoms with E-state index in [1.54, 1.807) is 16.7 Å². The van der Waals surface area contributed by atoms with E-state index in [9.17, 15) is 9.59 Å². The number of carbonyl (C=O) groups excluding carboxylic acids is 2. The third-order valence-electron chi connectivity index (χ3n) is 3.77. The minimum absolute atomic E-state index is 0.0298. The van der Waals surface area contributed by atoms with Gasteiger partial charge in [-0.1, -0.05) is 19.1 Å². The summed E-state index contributed by atoms with van der Waals surface area (Å²) in [6.07, 6.45) is 0.986. The molecule has 1 heterocycles. The van der Waals surface area contributed by atoms with Gasteiger partial charge in [-0.15, -0.1) is 0 Å². The number of hydrogen-bond donors (Lipinski definition) is 0. The fourth-order valence-electron chi connectivity index (χ4n) is 2.33. The van der Waals surface area contributed by atoms with Gasteiger partial charge in [0.15, 0.2) is 6.61 Å². The van der Waals surface area contributed by atoms with E-state index in [0.717, 1.165) is 6.42 Å². The molecule has 2 amide bonds. The Morgan fingerprint density at radius 2 is 1.62 bits per heavy atom. The number of carbonyl (C=O) groups is 2. The van der Waals surface area contributed by atoms with E-state index in [2.05, 4.69) is 6.92 Å². The van der Waals surface area contributed by atoms with Crippen molar-refractivity contribution in [2.45, 2.75) is 20.3 Å². The summed E-state index contributed by atoms with van der Waals surface area (Å²) in [5.74, 6) is 0.745. The second-order valence-corrected chi connectivity index (χ2v) is 5.17. The molecule has 0 spiro atoms.